The van der Waals surface area contributed by atoms with Crippen molar-refractivity contribution in [3.63, 3.8) is 0 Å². The van der Waals surface area contributed by atoms with Crippen molar-refractivity contribution in [3.05, 3.63) is 77.9 Å². The second kappa shape index (κ2) is 9.59. The van der Waals surface area contributed by atoms with Crippen LogP contribution in [0.3, 0.4) is 0 Å². The molecule has 0 spiro atoms. The average molecular weight is 379 g/mol. The Hall–Kier alpha value is -2.55. The summed E-state index contributed by atoms with van der Waals surface area (Å²) < 4.78 is 11.1. The first-order chi connectivity index (χ1) is 13.7. The lowest BCUT2D eigenvalue weighted by atomic mass is 9.65. The third-order valence-electron chi connectivity index (χ3n) is 5.78. The normalized spacial score (nSPS) is 18.2. The Labute approximate surface area is 168 Å². The summed E-state index contributed by atoms with van der Waals surface area (Å²) in [6, 6.07) is 16.6. The SMILES string of the molecule is C=CCCCC1(CC(=O)OC)CCCc2ccc(OCc3ccccc3)cc21. The number of rotatable bonds is 9. The minimum Gasteiger partial charge on any atom is -0.489 e. The first-order valence-electron chi connectivity index (χ1n) is 10.1. The number of ether oxygens (including phenoxy) is 2. The van der Waals surface area contributed by atoms with Crippen LogP contribution in [0.1, 0.15) is 55.2 Å². The van der Waals surface area contributed by atoms with Gasteiger partial charge in [0.25, 0.3) is 0 Å². The third-order valence-corrected chi connectivity index (χ3v) is 5.78. The van der Waals surface area contributed by atoms with Crippen molar-refractivity contribution in [3.8, 4) is 5.75 Å². The summed E-state index contributed by atoms with van der Waals surface area (Å²) >= 11 is 0. The molecule has 3 rings (SSSR count). The van der Waals surface area contributed by atoms with E-state index in [4.69, 9.17) is 9.47 Å². The summed E-state index contributed by atoms with van der Waals surface area (Å²) in [7, 11) is 1.48. The maximum absolute atomic E-state index is 12.2. The van der Waals surface area contributed by atoms with E-state index in [0.29, 0.717) is 13.0 Å². The predicted octanol–water partition coefficient (Wildman–Crippen LogP) is 5.76. The fourth-order valence-corrected chi connectivity index (χ4v) is 4.31. The molecule has 0 saturated carbocycles. The minimum atomic E-state index is -0.171. The number of esters is 1. The van der Waals surface area contributed by atoms with Gasteiger partial charge in [0, 0.05) is 5.41 Å². The van der Waals surface area contributed by atoms with Gasteiger partial charge in [0.15, 0.2) is 0 Å². The minimum absolute atomic E-state index is 0.137. The maximum Gasteiger partial charge on any atom is 0.306 e. The third kappa shape index (κ3) is 4.83. The van der Waals surface area contributed by atoms with Gasteiger partial charge in [-0.25, -0.2) is 0 Å². The van der Waals surface area contributed by atoms with Crippen molar-refractivity contribution in [2.75, 3.05) is 7.11 Å². The quantitative estimate of drug-likeness (QED) is 0.316. The summed E-state index contributed by atoms with van der Waals surface area (Å²) in [4.78, 5) is 12.2. The molecule has 1 aliphatic carbocycles. The lowest BCUT2D eigenvalue weighted by molar-refractivity contribution is -0.142. The zero-order chi connectivity index (χ0) is 19.8. The second-order valence-electron chi connectivity index (χ2n) is 7.66. The highest BCUT2D eigenvalue weighted by Crippen LogP contribution is 2.45. The Kier molecular flexibility index (Phi) is 6.91. The van der Waals surface area contributed by atoms with Crippen LogP contribution in [0.4, 0.5) is 0 Å². The number of benzene rings is 2. The van der Waals surface area contributed by atoms with E-state index in [1.807, 2.05) is 24.3 Å². The number of aryl methyl sites for hydroxylation is 1. The molecule has 2 aromatic carbocycles. The van der Waals surface area contributed by atoms with Gasteiger partial charge in [-0.1, -0.05) is 42.5 Å². The van der Waals surface area contributed by atoms with Crippen LogP contribution < -0.4 is 4.74 Å². The Balaban J connectivity index is 1.87. The van der Waals surface area contributed by atoms with E-state index in [1.54, 1.807) is 0 Å². The fraction of sp³-hybridized carbons (Fsp3) is 0.400. The molecule has 0 heterocycles. The number of hydrogen-bond acceptors (Lipinski definition) is 3. The zero-order valence-corrected chi connectivity index (χ0v) is 16.8. The van der Waals surface area contributed by atoms with Crippen molar-refractivity contribution < 1.29 is 14.3 Å². The Bertz CT molecular complexity index is 797. The molecule has 0 radical (unpaired) electrons. The Morgan fingerprint density at radius 2 is 2.04 bits per heavy atom. The molecule has 28 heavy (non-hydrogen) atoms. The van der Waals surface area contributed by atoms with Gasteiger partial charge < -0.3 is 9.47 Å². The molecule has 0 N–H and O–H groups in total. The molecule has 2 aromatic rings. The predicted molar refractivity (Wildman–Crippen MR) is 113 cm³/mol. The molecule has 0 amide bonds. The molecular formula is C25H30O3. The van der Waals surface area contributed by atoms with Crippen LogP contribution >= 0.6 is 0 Å². The van der Waals surface area contributed by atoms with E-state index in [-0.39, 0.29) is 11.4 Å². The number of carbonyl (C=O) groups is 1. The smallest absolute Gasteiger partial charge is 0.306 e. The van der Waals surface area contributed by atoms with Crippen LogP contribution in [0.25, 0.3) is 0 Å². The second-order valence-corrected chi connectivity index (χ2v) is 7.66. The molecule has 0 saturated heterocycles. The molecule has 1 unspecified atom stereocenters. The van der Waals surface area contributed by atoms with Gasteiger partial charge in [-0.15, -0.1) is 6.58 Å². The van der Waals surface area contributed by atoms with Gasteiger partial charge >= 0.3 is 5.97 Å². The van der Waals surface area contributed by atoms with Crippen molar-refractivity contribution in [1.82, 2.24) is 0 Å². The molecule has 0 aliphatic heterocycles. The summed E-state index contributed by atoms with van der Waals surface area (Å²) in [5, 5.41) is 0. The van der Waals surface area contributed by atoms with E-state index in [2.05, 4.69) is 36.9 Å². The summed E-state index contributed by atoms with van der Waals surface area (Å²) in [5.74, 6) is 0.726. The van der Waals surface area contributed by atoms with Crippen LogP contribution in [0.2, 0.25) is 0 Å². The van der Waals surface area contributed by atoms with Gasteiger partial charge in [0.05, 0.1) is 13.5 Å². The highest BCUT2D eigenvalue weighted by molar-refractivity contribution is 5.71. The van der Waals surface area contributed by atoms with Gasteiger partial charge in [0.2, 0.25) is 0 Å². The lowest BCUT2D eigenvalue weighted by Gasteiger charge is -2.39. The number of methoxy groups -OCH3 is 1. The number of fused-ring (bicyclic) bond motifs is 1. The van der Waals surface area contributed by atoms with E-state index in [1.165, 1.54) is 18.2 Å². The van der Waals surface area contributed by atoms with Crippen LogP contribution in [0, 0.1) is 0 Å². The van der Waals surface area contributed by atoms with Crippen molar-refractivity contribution in [2.45, 2.75) is 57.0 Å². The van der Waals surface area contributed by atoms with Gasteiger partial charge in [0.1, 0.15) is 12.4 Å². The van der Waals surface area contributed by atoms with Crippen molar-refractivity contribution in [2.24, 2.45) is 0 Å². The lowest BCUT2D eigenvalue weighted by Crippen LogP contribution is -2.34. The van der Waals surface area contributed by atoms with Gasteiger partial charge in [-0.05, 0) is 67.3 Å². The Morgan fingerprint density at radius 3 is 2.79 bits per heavy atom. The molecule has 3 heteroatoms. The summed E-state index contributed by atoms with van der Waals surface area (Å²) in [5.41, 5.74) is 3.57. The van der Waals surface area contributed by atoms with Gasteiger partial charge in [-0.2, -0.15) is 0 Å². The summed E-state index contributed by atoms with van der Waals surface area (Å²) in [6.07, 6.45) is 8.49. The van der Waals surface area contributed by atoms with Crippen LogP contribution in [0.15, 0.2) is 61.2 Å². The standard InChI is InChI=1S/C25H30O3/c1-3-4-8-15-25(18-24(26)27-2)16-9-12-21-13-14-22(17-23(21)25)28-19-20-10-6-5-7-11-20/h3,5-7,10-11,13-14,17H,1,4,8-9,12,15-16,18-19H2,2H3. The Morgan fingerprint density at radius 1 is 1.21 bits per heavy atom. The molecule has 0 fully saturated rings. The molecule has 0 bridgehead atoms. The number of hydrogen-bond donors (Lipinski definition) is 0. The first kappa shape index (κ1) is 20.2. The largest absolute Gasteiger partial charge is 0.489 e. The number of carbonyl (C=O) groups excluding carboxylic acids is 1. The van der Waals surface area contributed by atoms with Crippen molar-refractivity contribution >= 4 is 5.97 Å². The monoisotopic (exact) mass is 378 g/mol. The molecule has 3 nitrogen and oxygen atoms in total. The van der Waals surface area contributed by atoms with Crippen LogP contribution in [-0.2, 0) is 28.0 Å². The molecular weight excluding hydrogens is 348 g/mol. The van der Waals surface area contributed by atoms with Crippen molar-refractivity contribution in [1.29, 1.82) is 0 Å². The molecule has 1 aliphatic rings. The topological polar surface area (TPSA) is 35.5 Å². The first-order valence-corrected chi connectivity index (χ1v) is 10.1. The highest BCUT2D eigenvalue weighted by Gasteiger charge is 2.38. The van der Waals surface area contributed by atoms with E-state index >= 15 is 0 Å². The van der Waals surface area contributed by atoms with Crippen LogP contribution in [-0.4, -0.2) is 13.1 Å². The van der Waals surface area contributed by atoms with E-state index in [9.17, 15) is 4.79 Å². The average Bonchev–Trinajstić information content (AvgIpc) is 2.73. The number of allylic oxidation sites excluding steroid dienone is 1. The number of unbranched alkanes of at least 4 members (excludes halogenated alkanes) is 1. The fourth-order valence-electron chi connectivity index (χ4n) is 4.31. The molecule has 0 aromatic heterocycles. The van der Waals surface area contributed by atoms with Gasteiger partial charge in [-0.3, -0.25) is 4.79 Å². The zero-order valence-electron chi connectivity index (χ0n) is 16.8. The molecule has 148 valence electrons. The van der Waals surface area contributed by atoms with E-state index < -0.39 is 0 Å². The van der Waals surface area contributed by atoms with Crippen LogP contribution in [0.5, 0.6) is 5.75 Å². The molecule has 1 atom stereocenters. The van der Waals surface area contributed by atoms with E-state index in [0.717, 1.165) is 49.8 Å². The maximum atomic E-state index is 12.2. The highest BCUT2D eigenvalue weighted by atomic mass is 16.5. The summed E-state index contributed by atoms with van der Waals surface area (Å²) in [6.45, 7) is 4.38.